The average Bonchev–Trinajstić information content (AvgIpc) is 3.19. The summed E-state index contributed by atoms with van der Waals surface area (Å²) in [5, 5.41) is 2.59. The second-order valence-corrected chi connectivity index (χ2v) is 8.25. The molecule has 0 aliphatic rings. The van der Waals surface area contributed by atoms with Crippen LogP contribution < -0.4 is 0 Å². The van der Waals surface area contributed by atoms with Gasteiger partial charge in [0.15, 0.2) is 0 Å². The molecule has 0 saturated carbocycles. The van der Waals surface area contributed by atoms with E-state index in [2.05, 4.69) is 132 Å². The summed E-state index contributed by atoms with van der Waals surface area (Å²) in [5.41, 5.74) is 8.83. The standard InChI is InChI=1S/C31H23N/c1-3-11-23(12-4-1)21-24-19-20-31-28(22-24)27-16-8-10-18-30(27)32(31)29-17-9-7-15-26(29)25-13-5-2-6-14-25/h1-20,22H,21H2. The maximum atomic E-state index is 2.42. The fourth-order valence-electron chi connectivity index (χ4n) is 4.75. The van der Waals surface area contributed by atoms with Gasteiger partial charge in [-0.25, -0.2) is 0 Å². The molecule has 32 heavy (non-hydrogen) atoms. The van der Waals surface area contributed by atoms with Crippen molar-refractivity contribution in [3.63, 3.8) is 0 Å². The molecule has 0 radical (unpaired) electrons. The van der Waals surface area contributed by atoms with Crippen LogP contribution in [-0.2, 0) is 6.42 Å². The fraction of sp³-hybridized carbons (Fsp3) is 0.0323. The van der Waals surface area contributed by atoms with Gasteiger partial charge in [-0.05, 0) is 47.4 Å². The van der Waals surface area contributed by atoms with E-state index in [-0.39, 0.29) is 0 Å². The number of hydrogen-bond donors (Lipinski definition) is 0. The van der Waals surface area contributed by atoms with E-state index in [1.807, 2.05) is 0 Å². The minimum Gasteiger partial charge on any atom is -0.309 e. The molecule has 6 aromatic rings. The minimum atomic E-state index is 0.941. The zero-order valence-corrected chi connectivity index (χ0v) is 17.8. The van der Waals surface area contributed by atoms with Gasteiger partial charge in [0, 0.05) is 16.3 Å². The Labute approximate surface area is 188 Å². The molecular formula is C31H23N. The lowest BCUT2D eigenvalue weighted by atomic mass is 10.0. The average molecular weight is 410 g/mol. The molecule has 0 N–H and O–H groups in total. The van der Waals surface area contributed by atoms with Crippen LogP contribution in [0.1, 0.15) is 11.1 Å². The first-order valence-corrected chi connectivity index (χ1v) is 11.1. The first-order chi connectivity index (χ1) is 15.9. The molecular weight excluding hydrogens is 386 g/mol. The number of benzene rings is 5. The second-order valence-electron chi connectivity index (χ2n) is 8.25. The predicted molar refractivity (Wildman–Crippen MR) is 135 cm³/mol. The molecule has 0 aliphatic heterocycles. The van der Waals surface area contributed by atoms with Gasteiger partial charge in [-0.15, -0.1) is 0 Å². The van der Waals surface area contributed by atoms with Crippen LogP contribution in [0.3, 0.4) is 0 Å². The number of fused-ring (bicyclic) bond motifs is 3. The third kappa shape index (κ3) is 3.19. The lowest BCUT2D eigenvalue weighted by molar-refractivity contribution is 1.17. The third-order valence-corrected chi connectivity index (χ3v) is 6.22. The highest BCUT2D eigenvalue weighted by Crippen LogP contribution is 2.36. The molecule has 1 nitrogen and oxygen atoms in total. The highest BCUT2D eigenvalue weighted by Gasteiger charge is 2.15. The molecule has 152 valence electrons. The van der Waals surface area contributed by atoms with Crippen LogP contribution in [0.2, 0.25) is 0 Å². The van der Waals surface area contributed by atoms with Crippen LogP contribution in [0.4, 0.5) is 0 Å². The summed E-state index contributed by atoms with van der Waals surface area (Å²) in [6.07, 6.45) is 0.941. The molecule has 0 atom stereocenters. The minimum absolute atomic E-state index is 0.941. The van der Waals surface area contributed by atoms with Gasteiger partial charge in [-0.1, -0.05) is 103 Å². The molecule has 1 aromatic heterocycles. The van der Waals surface area contributed by atoms with E-state index < -0.39 is 0 Å². The van der Waals surface area contributed by atoms with Crippen LogP contribution in [0, 0.1) is 0 Å². The van der Waals surface area contributed by atoms with E-state index in [4.69, 9.17) is 0 Å². The van der Waals surface area contributed by atoms with Gasteiger partial charge in [-0.3, -0.25) is 0 Å². The van der Waals surface area contributed by atoms with Crippen molar-refractivity contribution < 1.29 is 0 Å². The van der Waals surface area contributed by atoms with Gasteiger partial charge in [0.05, 0.1) is 16.7 Å². The highest BCUT2D eigenvalue weighted by molar-refractivity contribution is 6.10. The maximum absolute atomic E-state index is 2.42. The zero-order valence-electron chi connectivity index (χ0n) is 17.8. The lowest BCUT2D eigenvalue weighted by Gasteiger charge is -2.14. The summed E-state index contributed by atoms with van der Waals surface area (Å²) in [6.45, 7) is 0. The molecule has 0 aliphatic carbocycles. The maximum Gasteiger partial charge on any atom is 0.0541 e. The van der Waals surface area contributed by atoms with Gasteiger partial charge in [-0.2, -0.15) is 0 Å². The van der Waals surface area contributed by atoms with Crippen LogP contribution in [0.25, 0.3) is 38.6 Å². The van der Waals surface area contributed by atoms with Crippen molar-refractivity contribution in [3.8, 4) is 16.8 Å². The van der Waals surface area contributed by atoms with E-state index in [0.717, 1.165) is 6.42 Å². The monoisotopic (exact) mass is 409 g/mol. The number of aromatic nitrogens is 1. The number of nitrogens with zero attached hydrogens (tertiary/aromatic N) is 1. The number of hydrogen-bond acceptors (Lipinski definition) is 0. The quantitative estimate of drug-likeness (QED) is 0.278. The van der Waals surface area contributed by atoms with Crippen LogP contribution >= 0.6 is 0 Å². The first-order valence-electron chi connectivity index (χ1n) is 11.1. The molecule has 1 heterocycles. The summed E-state index contributed by atoms with van der Waals surface area (Å²) >= 11 is 0. The van der Waals surface area contributed by atoms with Crippen molar-refractivity contribution >= 4 is 21.8 Å². The third-order valence-electron chi connectivity index (χ3n) is 6.22. The Hall–Kier alpha value is -4.10. The Morgan fingerprint density at radius 3 is 1.97 bits per heavy atom. The van der Waals surface area contributed by atoms with Crippen molar-refractivity contribution in [3.05, 3.63) is 139 Å². The molecule has 0 spiro atoms. The van der Waals surface area contributed by atoms with E-state index in [1.54, 1.807) is 0 Å². The highest BCUT2D eigenvalue weighted by atomic mass is 15.0. The normalized spacial score (nSPS) is 11.2. The Morgan fingerprint density at radius 2 is 1.12 bits per heavy atom. The predicted octanol–water partition coefficient (Wildman–Crippen LogP) is 8.04. The molecule has 5 aromatic carbocycles. The van der Waals surface area contributed by atoms with Gasteiger partial charge in [0.2, 0.25) is 0 Å². The molecule has 0 saturated heterocycles. The van der Waals surface area contributed by atoms with Crippen LogP contribution in [0.15, 0.2) is 127 Å². The SMILES string of the molecule is c1ccc(Cc2ccc3c(c2)c2ccccc2n3-c2ccccc2-c2ccccc2)cc1. The molecule has 6 rings (SSSR count). The summed E-state index contributed by atoms with van der Waals surface area (Å²) in [7, 11) is 0. The Balaban J connectivity index is 1.59. The van der Waals surface area contributed by atoms with Gasteiger partial charge in [0.25, 0.3) is 0 Å². The molecule has 0 unspecified atom stereocenters. The topological polar surface area (TPSA) is 4.93 Å². The first kappa shape index (κ1) is 18.7. The van der Waals surface area contributed by atoms with E-state index in [1.165, 1.54) is 49.7 Å². The van der Waals surface area contributed by atoms with Crippen molar-refractivity contribution in [2.75, 3.05) is 0 Å². The van der Waals surface area contributed by atoms with E-state index in [0.29, 0.717) is 0 Å². The van der Waals surface area contributed by atoms with Crippen LogP contribution in [-0.4, -0.2) is 4.57 Å². The Kier molecular flexibility index (Phi) is 4.58. The zero-order chi connectivity index (χ0) is 21.3. The molecule has 1 heteroatoms. The summed E-state index contributed by atoms with van der Waals surface area (Å²) in [5.74, 6) is 0. The second kappa shape index (κ2) is 7.86. The van der Waals surface area contributed by atoms with Gasteiger partial charge < -0.3 is 4.57 Å². The van der Waals surface area contributed by atoms with E-state index >= 15 is 0 Å². The lowest BCUT2D eigenvalue weighted by Crippen LogP contribution is -1.97. The van der Waals surface area contributed by atoms with Crippen molar-refractivity contribution in [2.24, 2.45) is 0 Å². The molecule has 0 bridgehead atoms. The Bertz CT molecular complexity index is 1530. The smallest absolute Gasteiger partial charge is 0.0541 e. The largest absolute Gasteiger partial charge is 0.309 e. The van der Waals surface area contributed by atoms with Crippen molar-refractivity contribution in [2.45, 2.75) is 6.42 Å². The summed E-state index contributed by atoms with van der Waals surface area (Å²) < 4.78 is 2.42. The van der Waals surface area contributed by atoms with Gasteiger partial charge in [0.1, 0.15) is 0 Å². The fourth-order valence-corrected chi connectivity index (χ4v) is 4.75. The summed E-state index contributed by atoms with van der Waals surface area (Å²) in [6, 6.07) is 45.7. The molecule has 0 amide bonds. The van der Waals surface area contributed by atoms with E-state index in [9.17, 15) is 0 Å². The van der Waals surface area contributed by atoms with Crippen molar-refractivity contribution in [1.82, 2.24) is 4.57 Å². The summed E-state index contributed by atoms with van der Waals surface area (Å²) in [4.78, 5) is 0. The van der Waals surface area contributed by atoms with Gasteiger partial charge >= 0.3 is 0 Å². The number of para-hydroxylation sites is 2. The number of rotatable bonds is 4. The molecule has 0 fully saturated rings. The Morgan fingerprint density at radius 1 is 0.469 bits per heavy atom. The van der Waals surface area contributed by atoms with Crippen molar-refractivity contribution in [1.29, 1.82) is 0 Å². The van der Waals surface area contributed by atoms with Crippen LogP contribution in [0.5, 0.6) is 0 Å².